The van der Waals surface area contributed by atoms with E-state index in [2.05, 4.69) is 0 Å². The molecular formula is C16H16O5. The molecule has 0 aliphatic rings. The van der Waals surface area contributed by atoms with E-state index in [1.165, 1.54) is 18.2 Å². The molecule has 0 unspecified atom stereocenters. The van der Waals surface area contributed by atoms with Crippen LogP contribution in [0.25, 0.3) is 11.3 Å². The Hall–Kier alpha value is -2.56. The zero-order valence-electron chi connectivity index (χ0n) is 12.0. The van der Waals surface area contributed by atoms with E-state index in [-0.39, 0.29) is 11.3 Å². The second kappa shape index (κ2) is 5.44. The van der Waals surface area contributed by atoms with Gasteiger partial charge in [-0.25, -0.2) is 9.59 Å². The van der Waals surface area contributed by atoms with Gasteiger partial charge in [0.1, 0.15) is 11.4 Å². The Balaban J connectivity index is 2.19. The van der Waals surface area contributed by atoms with Crippen LogP contribution in [0.2, 0.25) is 0 Å². The summed E-state index contributed by atoms with van der Waals surface area (Å²) in [5.41, 5.74) is 0.292. The van der Waals surface area contributed by atoms with Gasteiger partial charge in [0.2, 0.25) is 5.76 Å². The number of carboxylic acid groups (broad SMARTS) is 1. The number of hydrogen-bond acceptors (Lipinski definition) is 4. The monoisotopic (exact) mass is 288 g/mol. The number of carboxylic acids is 1. The zero-order chi connectivity index (χ0) is 15.6. The fraction of sp³-hybridized carbons (Fsp3) is 0.250. The highest BCUT2D eigenvalue weighted by atomic mass is 16.6. The van der Waals surface area contributed by atoms with Crippen LogP contribution < -0.4 is 0 Å². The molecule has 1 aromatic carbocycles. The molecule has 0 spiro atoms. The van der Waals surface area contributed by atoms with Crippen LogP contribution in [0, 0.1) is 0 Å². The Morgan fingerprint density at radius 3 is 2.19 bits per heavy atom. The van der Waals surface area contributed by atoms with E-state index in [1.807, 2.05) is 0 Å². The first kappa shape index (κ1) is 14.8. The fourth-order valence-corrected chi connectivity index (χ4v) is 1.71. The SMILES string of the molecule is CC(C)(C)OC(=O)c1ccc(-c2ccc(C(=O)O)cc2)o1. The van der Waals surface area contributed by atoms with E-state index in [0.29, 0.717) is 11.3 Å². The number of benzene rings is 1. The molecule has 1 aromatic heterocycles. The van der Waals surface area contributed by atoms with Crippen LogP contribution in [0.3, 0.4) is 0 Å². The summed E-state index contributed by atoms with van der Waals surface area (Å²) in [6.45, 7) is 5.33. The lowest BCUT2D eigenvalue weighted by Crippen LogP contribution is -2.23. The van der Waals surface area contributed by atoms with Crippen LogP contribution in [-0.4, -0.2) is 22.6 Å². The Labute approximate surface area is 122 Å². The van der Waals surface area contributed by atoms with Crippen molar-refractivity contribution in [1.82, 2.24) is 0 Å². The Kier molecular flexibility index (Phi) is 3.84. The predicted octanol–water partition coefficient (Wildman–Crippen LogP) is 3.60. The van der Waals surface area contributed by atoms with Crippen LogP contribution in [0.1, 0.15) is 41.7 Å². The molecule has 5 heteroatoms. The molecule has 0 fully saturated rings. The first-order valence-electron chi connectivity index (χ1n) is 6.43. The summed E-state index contributed by atoms with van der Waals surface area (Å²) < 4.78 is 10.7. The van der Waals surface area contributed by atoms with Gasteiger partial charge in [0, 0.05) is 5.56 Å². The lowest BCUT2D eigenvalue weighted by atomic mass is 10.1. The molecule has 5 nitrogen and oxygen atoms in total. The maximum Gasteiger partial charge on any atom is 0.374 e. The maximum atomic E-state index is 11.9. The van der Waals surface area contributed by atoms with Gasteiger partial charge in [0.15, 0.2) is 0 Å². The standard InChI is InChI=1S/C16H16O5/c1-16(2,3)21-15(19)13-9-8-12(20-13)10-4-6-11(7-5-10)14(17)18/h4-9H,1-3H3,(H,17,18). The number of aromatic carboxylic acids is 1. The van der Waals surface area contributed by atoms with E-state index in [9.17, 15) is 9.59 Å². The predicted molar refractivity (Wildman–Crippen MR) is 76.3 cm³/mol. The van der Waals surface area contributed by atoms with Gasteiger partial charge in [0.25, 0.3) is 0 Å². The first-order valence-corrected chi connectivity index (χ1v) is 6.43. The fourth-order valence-electron chi connectivity index (χ4n) is 1.71. The van der Waals surface area contributed by atoms with Gasteiger partial charge in [-0.15, -0.1) is 0 Å². The van der Waals surface area contributed by atoms with Crippen molar-refractivity contribution in [2.75, 3.05) is 0 Å². The molecule has 0 radical (unpaired) electrons. The van der Waals surface area contributed by atoms with Crippen molar-refractivity contribution in [1.29, 1.82) is 0 Å². The van der Waals surface area contributed by atoms with Crippen molar-refractivity contribution >= 4 is 11.9 Å². The van der Waals surface area contributed by atoms with Gasteiger partial charge in [0.05, 0.1) is 5.56 Å². The summed E-state index contributed by atoms with van der Waals surface area (Å²) in [6, 6.07) is 9.40. The second-order valence-electron chi connectivity index (χ2n) is 5.55. The largest absolute Gasteiger partial charge is 0.478 e. The van der Waals surface area contributed by atoms with Gasteiger partial charge in [-0.05, 0) is 45.0 Å². The lowest BCUT2D eigenvalue weighted by Gasteiger charge is -2.18. The molecule has 2 rings (SSSR count). The molecular weight excluding hydrogens is 272 g/mol. The van der Waals surface area contributed by atoms with Crippen LogP contribution >= 0.6 is 0 Å². The molecule has 0 saturated heterocycles. The van der Waals surface area contributed by atoms with Crippen molar-refractivity contribution in [3.05, 3.63) is 47.7 Å². The Morgan fingerprint density at radius 1 is 1.05 bits per heavy atom. The molecule has 2 aromatic rings. The maximum absolute atomic E-state index is 11.9. The van der Waals surface area contributed by atoms with E-state index >= 15 is 0 Å². The van der Waals surface area contributed by atoms with Crippen molar-refractivity contribution < 1.29 is 23.8 Å². The molecule has 0 amide bonds. The third-order valence-electron chi connectivity index (χ3n) is 2.62. The van der Waals surface area contributed by atoms with Crippen LogP contribution in [-0.2, 0) is 4.74 Å². The second-order valence-corrected chi connectivity index (χ2v) is 5.55. The molecule has 0 aliphatic carbocycles. The summed E-state index contributed by atoms with van der Waals surface area (Å²) in [6.07, 6.45) is 0. The summed E-state index contributed by atoms with van der Waals surface area (Å²) >= 11 is 0. The lowest BCUT2D eigenvalue weighted by molar-refractivity contribution is 0.00367. The molecule has 0 aliphatic heterocycles. The average molecular weight is 288 g/mol. The minimum atomic E-state index is -0.990. The number of carbonyl (C=O) groups excluding carboxylic acids is 1. The topological polar surface area (TPSA) is 76.7 Å². The Bertz CT molecular complexity index is 659. The molecule has 0 atom stereocenters. The van der Waals surface area contributed by atoms with Crippen LogP contribution in [0.4, 0.5) is 0 Å². The number of rotatable bonds is 3. The minimum Gasteiger partial charge on any atom is -0.478 e. The van der Waals surface area contributed by atoms with Crippen LogP contribution in [0.15, 0.2) is 40.8 Å². The average Bonchev–Trinajstić information content (AvgIpc) is 2.86. The summed E-state index contributed by atoms with van der Waals surface area (Å²) in [7, 11) is 0. The van der Waals surface area contributed by atoms with Gasteiger partial charge in [-0.1, -0.05) is 12.1 Å². The Morgan fingerprint density at radius 2 is 1.67 bits per heavy atom. The van der Waals surface area contributed by atoms with Gasteiger partial charge >= 0.3 is 11.9 Å². The number of ether oxygens (including phenoxy) is 1. The summed E-state index contributed by atoms with van der Waals surface area (Å²) in [5, 5.41) is 8.85. The third-order valence-corrected chi connectivity index (χ3v) is 2.62. The summed E-state index contributed by atoms with van der Waals surface area (Å²) in [4.78, 5) is 22.6. The zero-order valence-corrected chi connectivity index (χ0v) is 12.0. The van der Waals surface area contributed by atoms with Crippen LogP contribution in [0.5, 0.6) is 0 Å². The number of carbonyl (C=O) groups is 2. The number of furan rings is 1. The van der Waals surface area contributed by atoms with E-state index in [1.54, 1.807) is 39.0 Å². The van der Waals surface area contributed by atoms with Gasteiger partial charge in [-0.2, -0.15) is 0 Å². The molecule has 110 valence electrons. The highest BCUT2D eigenvalue weighted by molar-refractivity contribution is 5.89. The number of hydrogen-bond donors (Lipinski definition) is 1. The smallest absolute Gasteiger partial charge is 0.374 e. The quantitative estimate of drug-likeness (QED) is 0.873. The van der Waals surface area contributed by atoms with Crippen molar-refractivity contribution in [3.63, 3.8) is 0 Å². The minimum absolute atomic E-state index is 0.113. The van der Waals surface area contributed by atoms with Crippen molar-refractivity contribution in [2.45, 2.75) is 26.4 Å². The third kappa shape index (κ3) is 3.72. The highest BCUT2D eigenvalue weighted by Gasteiger charge is 2.20. The molecule has 0 bridgehead atoms. The molecule has 1 N–H and O–H groups in total. The van der Waals surface area contributed by atoms with Crippen molar-refractivity contribution in [3.8, 4) is 11.3 Å². The first-order chi connectivity index (χ1) is 9.76. The highest BCUT2D eigenvalue weighted by Crippen LogP contribution is 2.24. The molecule has 21 heavy (non-hydrogen) atoms. The molecule has 0 saturated carbocycles. The van der Waals surface area contributed by atoms with Crippen molar-refractivity contribution in [2.24, 2.45) is 0 Å². The number of esters is 1. The van der Waals surface area contributed by atoms with E-state index < -0.39 is 17.5 Å². The van der Waals surface area contributed by atoms with E-state index in [0.717, 1.165) is 0 Å². The van der Waals surface area contributed by atoms with Gasteiger partial charge in [-0.3, -0.25) is 0 Å². The summed E-state index contributed by atoms with van der Waals surface area (Å²) in [5.74, 6) is -0.929. The normalized spacial score (nSPS) is 11.2. The van der Waals surface area contributed by atoms with Gasteiger partial charge < -0.3 is 14.3 Å². The van der Waals surface area contributed by atoms with E-state index in [4.69, 9.17) is 14.3 Å². The molecule has 1 heterocycles.